The lowest BCUT2D eigenvalue weighted by atomic mass is 10.5. The van der Waals surface area contributed by atoms with Gasteiger partial charge in [0.25, 0.3) is 11.1 Å². The van der Waals surface area contributed by atoms with Crippen molar-refractivity contribution in [2.75, 3.05) is 0 Å². The molecule has 0 saturated heterocycles. The Morgan fingerprint density at radius 3 is 2.78 bits per heavy atom. The molecule has 0 spiro atoms. The number of hydrogen-bond donors (Lipinski definition) is 2. The van der Waals surface area contributed by atoms with Gasteiger partial charge in [0.2, 0.25) is 5.78 Å². The molecule has 0 bridgehead atoms. The number of aromatic amines is 2. The van der Waals surface area contributed by atoms with E-state index in [1.807, 2.05) is 0 Å². The second kappa shape index (κ2) is 3.55. The molecule has 0 aliphatic rings. The first-order chi connectivity index (χ1) is 8.66. The smallest absolute Gasteiger partial charge is 0.330 e. The molecule has 3 rings (SSSR count). The van der Waals surface area contributed by atoms with Gasteiger partial charge >= 0.3 is 5.69 Å². The molecule has 3 heterocycles. The number of nitrogens with zero attached hydrogens (tertiary/aromatic N) is 3. The topological polar surface area (TPSA) is 105 Å². The number of imidazole rings is 1. The Labute approximate surface area is 98.2 Å². The summed E-state index contributed by atoms with van der Waals surface area (Å²) in [6.07, 6.45) is 5.57. The van der Waals surface area contributed by atoms with Crippen LogP contribution in [0.4, 0.5) is 0 Å². The number of hydrogen-bond acceptors (Lipinski definition) is 4. The first kappa shape index (κ1) is 10.3. The molecule has 8 heteroatoms. The van der Waals surface area contributed by atoms with Crippen molar-refractivity contribution >= 4 is 5.78 Å². The summed E-state index contributed by atoms with van der Waals surface area (Å²) in [5.41, 5.74) is -1.55. The summed E-state index contributed by atoms with van der Waals surface area (Å²) in [6.45, 7) is 0. The highest BCUT2D eigenvalue weighted by Gasteiger charge is 2.08. The van der Waals surface area contributed by atoms with Crippen molar-refractivity contribution in [3.05, 3.63) is 62.0 Å². The SMILES string of the molecule is O=c1ccn(-c2cnc3[nH]ccn3c2=O)c(=O)[nH]1. The molecule has 2 N–H and O–H groups in total. The summed E-state index contributed by atoms with van der Waals surface area (Å²) in [6, 6.07) is 1.16. The Morgan fingerprint density at radius 2 is 2.00 bits per heavy atom. The molecule has 0 amide bonds. The highest BCUT2D eigenvalue weighted by molar-refractivity contribution is 5.35. The second-order valence-electron chi connectivity index (χ2n) is 3.58. The lowest BCUT2D eigenvalue weighted by Gasteiger charge is -2.02. The van der Waals surface area contributed by atoms with Crippen LogP contribution in [0, 0.1) is 0 Å². The Kier molecular flexibility index (Phi) is 2.03. The van der Waals surface area contributed by atoms with E-state index in [0.29, 0.717) is 5.78 Å². The average molecular weight is 245 g/mol. The Balaban J connectivity index is 2.38. The van der Waals surface area contributed by atoms with Gasteiger partial charge in [-0.3, -0.25) is 23.5 Å². The summed E-state index contributed by atoms with van der Waals surface area (Å²) in [5.74, 6) is 0.376. The largest absolute Gasteiger partial charge is 0.333 e. The minimum atomic E-state index is -0.683. The zero-order valence-corrected chi connectivity index (χ0v) is 8.95. The maximum Gasteiger partial charge on any atom is 0.333 e. The number of aromatic nitrogens is 5. The number of rotatable bonds is 1. The molecular formula is C10H7N5O3. The van der Waals surface area contributed by atoms with Crippen LogP contribution in [0.3, 0.4) is 0 Å². The average Bonchev–Trinajstić information content (AvgIpc) is 2.80. The molecule has 0 atom stereocenters. The second-order valence-corrected chi connectivity index (χ2v) is 3.58. The van der Waals surface area contributed by atoms with Gasteiger partial charge in [0, 0.05) is 24.7 Å². The Hall–Kier alpha value is -2.90. The van der Waals surface area contributed by atoms with Gasteiger partial charge in [-0.1, -0.05) is 0 Å². The van der Waals surface area contributed by atoms with E-state index in [1.165, 1.54) is 23.0 Å². The molecule has 90 valence electrons. The van der Waals surface area contributed by atoms with E-state index in [0.717, 1.165) is 10.6 Å². The highest BCUT2D eigenvalue weighted by atomic mass is 16.2. The molecular weight excluding hydrogens is 238 g/mol. The normalized spacial score (nSPS) is 10.9. The summed E-state index contributed by atoms with van der Waals surface area (Å²) in [4.78, 5) is 43.5. The monoisotopic (exact) mass is 245 g/mol. The van der Waals surface area contributed by atoms with Crippen LogP contribution in [-0.2, 0) is 0 Å². The predicted molar refractivity (Wildman–Crippen MR) is 62.0 cm³/mol. The summed E-state index contributed by atoms with van der Waals surface area (Å²) >= 11 is 0. The van der Waals surface area contributed by atoms with E-state index in [9.17, 15) is 14.4 Å². The van der Waals surface area contributed by atoms with Gasteiger partial charge in [-0.25, -0.2) is 9.78 Å². The summed E-state index contributed by atoms with van der Waals surface area (Å²) in [7, 11) is 0. The van der Waals surface area contributed by atoms with Crippen LogP contribution >= 0.6 is 0 Å². The Bertz CT molecular complexity index is 898. The fraction of sp³-hybridized carbons (Fsp3) is 0. The zero-order valence-electron chi connectivity index (χ0n) is 8.95. The fourth-order valence-corrected chi connectivity index (χ4v) is 1.66. The maximum atomic E-state index is 12.1. The summed E-state index contributed by atoms with van der Waals surface area (Å²) in [5, 5.41) is 0. The van der Waals surface area contributed by atoms with Crippen LogP contribution in [-0.4, -0.2) is 23.9 Å². The molecule has 0 aromatic carbocycles. The zero-order chi connectivity index (χ0) is 12.7. The molecule has 0 radical (unpaired) electrons. The van der Waals surface area contributed by atoms with Gasteiger partial charge in [0.1, 0.15) is 5.69 Å². The van der Waals surface area contributed by atoms with Gasteiger partial charge in [-0.15, -0.1) is 0 Å². The molecule has 0 saturated carbocycles. The van der Waals surface area contributed by atoms with Crippen molar-refractivity contribution in [3.8, 4) is 5.69 Å². The van der Waals surface area contributed by atoms with Crippen LogP contribution in [0.1, 0.15) is 0 Å². The van der Waals surface area contributed by atoms with E-state index >= 15 is 0 Å². The van der Waals surface area contributed by atoms with Crippen LogP contribution in [0.5, 0.6) is 0 Å². The van der Waals surface area contributed by atoms with Crippen molar-refractivity contribution in [2.45, 2.75) is 0 Å². The first-order valence-corrected chi connectivity index (χ1v) is 5.04. The molecule has 0 aliphatic heterocycles. The van der Waals surface area contributed by atoms with Gasteiger partial charge < -0.3 is 4.98 Å². The van der Waals surface area contributed by atoms with Crippen LogP contribution < -0.4 is 16.8 Å². The third kappa shape index (κ3) is 1.39. The molecule has 3 aromatic rings. The number of H-pyrrole nitrogens is 2. The fourth-order valence-electron chi connectivity index (χ4n) is 1.66. The van der Waals surface area contributed by atoms with Crippen LogP contribution in [0.15, 0.2) is 45.2 Å². The highest BCUT2D eigenvalue weighted by Crippen LogP contribution is 1.97. The number of nitrogens with one attached hydrogen (secondary N) is 2. The van der Waals surface area contributed by atoms with Gasteiger partial charge in [0.15, 0.2) is 0 Å². The van der Waals surface area contributed by atoms with Gasteiger partial charge in [-0.05, 0) is 0 Å². The van der Waals surface area contributed by atoms with Crippen molar-refractivity contribution in [3.63, 3.8) is 0 Å². The minimum absolute atomic E-state index is 0.0633. The van der Waals surface area contributed by atoms with Crippen molar-refractivity contribution in [2.24, 2.45) is 0 Å². The third-order valence-electron chi connectivity index (χ3n) is 2.49. The standard InChI is InChI=1S/C10H7N5O3/c16-7-1-3-14(10(18)13-7)6-5-12-9-11-2-4-15(9)8(6)17/h1-5H,(H,11,12)(H,13,16,18). The van der Waals surface area contributed by atoms with E-state index in [2.05, 4.69) is 15.0 Å². The van der Waals surface area contributed by atoms with Crippen molar-refractivity contribution in [1.29, 1.82) is 0 Å². The lowest BCUT2D eigenvalue weighted by molar-refractivity contribution is 0.863. The van der Waals surface area contributed by atoms with Gasteiger partial charge in [0.05, 0.1) is 6.20 Å². The van der Waals surface area contributed by atoms with E-state index in [-0.39, 0.29) is 5.69 Å². The molecule has 18 heavy (non-hydrogen) atoms. The molecule has 0 unspecified atom stereocenters. The quantitative estimate of drug-likeness (QED) is 0.565. The lowest BCUT2D eigenvalue weighted by Crippen LogP contribution is -2.32. The van der Waals surface area contributed by atoms with E-state index in [4.69, 9.17) is 0 Å². The maximum absolute atomic E-state index is 12.1. The molecule has 8 nitrogen and oxygen atoms in total. The first-order valence-electron chi connectivity index (χ1n) is 5.04. The number of fused-ring (bicyclic) bond motifs is 1. The van der Waals surface area contributed by atoms with Crippen LogP contribution in [0.25, 0.3) is 11.5 Å². The van der Waals surface area contributed by atoms with Gasteiger partial charge in [-0.2, -0.15) is 0 Å². The molecule has 3 aromatic heterocycles. The third-order valence-corrected chi connectivity index (χ3v) is 2.49. The predicted octanol–water partition coefficient (Wildman–Crippen LogP) is -1.14. The molecule has 0 fully saturated rings. The van der Waals surface area contributed by atoms with Crippen molar-refractivity contribution in [1.82, 2.24) is 23.9 Å². The van der Waals surface area contributed by atoms with E-state index in [1.54, 1.807) is 6.20 Å². The molecule has 0 aliphatic carbocycles. The van der Waals surface area contributed by atoms with Crippen LogP contribution in [0.2, 0.25) is 0 Å². The minimum Gasteiger partial charge on any atom is -0.330 e. The Morgan fingerprint density at radius 1 is 1.17 bits per heavy atom. The summed E-state index contributed by atoms with van der Waals surface area (Å²) < 4.78 is 2.31. The van der Waals surface area contributed by atoms with E-state index < -0.39 is 16.8 Å². The van der Waals surface area contributed by atoms with Crippen molar-refractivity contribution < 1.29 is 0 Å².